The average molecular weight is 366 g/mol. The average Bonchev–Trinajstić information content (AvgIpc) is 2.91. The van der Waals surface area contributed by atoms with Crippen LogP contribution in [0.2, 0.25) is 0 Å². The molecule has 136 valence electrons. The van der Waals surface area contributed by atoms with E-state index in [0.29, 0.717) is 29.6 Å². The molecule has 3 rings (SSSR count). The third-order valence-corrected chi connectivity index (χ3v) is 6.29. The van der Waals surface area contributed by atoms with Gasteiger partial charge in [-0.05, 0) is 44.9 Å². The van der Waals surface area contributed by atoms with E-state index in [4.69, 9.17) is 14.9 Å². The molecule has 1 aliphatic heterocycles. The normalized spacial score (nSPS) is 19.2. The van der Waals surface area contributed by atoms with Crippen molar-refractivity contribution in [3.8, 4) is 0 Å². The van der Waals surface area contributed by atoms with Crippen molar-refractivity contribution >= 4 is 27.0 Å². The van der Waals surface area contributed by atoms with E-state index in [-0.39, 0.29) is 23.3 Å². The first-order valence-electron chi connectivity index (χ1n) is 8.30. The fourth-order valence-electron chi connectivity index (χ4n) is 3.09. The Labute approximate surface area is 146 Å². The van der Waals surface area contributed by atoms with E-state index in [1.807, 2.05) is 0 Å². The number of fused-ring (bicyclic) bond motifs is 1. The molecule has 8 heteroatoms. The SMILES string of the molecule is CCOC(=O)c1oc2ccc(S(=O)(=O)N3CCC[C@H](N)C3)cc2c1C. The van der Waals surface area contributed by atoms with Gasteiger partial charge in [-0.15, -0.1) is 0 Å². The summed E-state index contributed by atoms with van der Waals surface area (Å²) < 4.78 is 37.7. The summed E-state index contributed by atoms with van der Waals surface area (Å²) in [5.74, 6) is -0.450. The van der Waals surface area contributed by atoms with Crippen molar-refractivity contribution in [2.45, 2.75) is 37.6 Å². The molecule has 0 spiro atoms. The molecule has 1 saturated heterocycles. The molecule has 0 unspecified atom stereocenters. The van der Waals surface area contributed by atoms with Crippen LogP contribution in [0.3, 0.4) is 0 Å². The van der Waals surface area contributed by atoms with Crippen molar-refractivity contribution in [2.24, 2.45) is 5.73 Å². The number of carbonyl (C=O) groups excluding carboxylic acids is 1. The predicted octanol–water partition coefficient (Wildman–Crippen LogP) is 2.03. The maximum Gasteiger partial charge on any atom is 0.374 e. The first-order chi connectivity index (χ1) is 11.8. The van der Waals surface area contributed by atoms with Gasteiger partial charge in [-0.1, -0.05) is 0 Å². The molecule has 25 heavy (non-hydrogen) atoms. The number of benzene rings is 1. The highest BCUT2D eigenvalue weighted by Gasteiger charge is 2.30. The zero-order valence-corrected chi connectivity index (χ0v) is 15.1. The number of esters is 1. The molecule has 0 amide bonds. The van der Waals surface area contributed by atoms with E-state index in [1.165, 1.54) is 10.4 Å². The Morgan fingerprint density at radius 3 is 2.88 bits per heavy atom. The van der Waals surface area contributed by atoms with Crippen LogP contribution in [0.5, 0.6) is 0 Å². The molecule has 1 fully saturated rings. The molecule has 0 aliphatic carbocycles. The Bertz CT molecular complexity index is 903. The van der Waals surface area contributed by atoms with Crippen molar-refractivity contribution in [1.29, 1.82) is 0 Å². The second-order valence-electron chi connectivity index (χ2n) is 6.20. The first-order valence-corrected chi connectivity index (χ1v) is 9.74. The first kappa shape index (κ1) is 17.9. The highest BCUT2D eigenvalue weighted by Crippen LogP contribution is 2.30. The van der Waals surface area contributed by atoms with Crippen LogP contribution in [0.1, 0.15) is 35.9 Å². The van der Waals surface area contributed by atoms with Gasteiger partial charge in [-0.2, -0.15) is 4.31 Å². The number of ether oxygens (including phenoxy) is 1. The van der Waals surface area contributed by atoms with E-state index in [0.717, 1.165) is 12.8 Å². The van der Waals surface area contributed by atoms with Crippen molar-refractivity contribution < 1.29 is 22.4 Å². The molecule has 7 nitrogen and oxygen atoms in total. The number of sulfonamides is 1. The molecule has 2 N–H and O–H groups in total. The standard InChI is InChI=1S/C17H22N2O5S/c1-3-23-17(20)16-11(2)14-9-13(6-7-15(14)24-16)25(21,22)19-8-4-5-12(18)10-19/h6-7,9,12H,3-5,8,10,18H2,1-2H3/t12-/m0/s1. The largest absolute Gasteiger partial charge is 0.460 e. The van der Waals surface area contributed by atoms with Crippen LogP contribution in [0.25, 0.3) is 11.0 Å². The van der Waals surface area contributed by atoms with Crippen LogP contribution < -0.4 is 5.73 Å². The molecule has 0 radical (unpaired) electrons. The van der Waals surface area contributed by atoms with Gasteiger partial charge >= 0.3 is 5.97 Å². The summed E-state index contributed by atoms with van der Waals surface area (Å²) in [7, 11) is -3.63. The minimum absolute atomic E-state index is 0.103. The number of aryl methyl sites for hydroxylation is 1. The van der Waals surface area contributed by atoms with Crippen LogP contribution in [0.15, 0.2) is 27.5 Å². The number of hydrogen-bond acceptors (Lipinski definition) is 6. The summed E-state index contributed by atoms with van der Waals surface area (Å²) in [5, 5.41) is 0.588. The number of furan rings is 1. The van der Waals surface area contributed by atoms with Gasteiger partial charge in [-0.3, -0.25) is 0 Å². The van der Waals surface area contributed by atoms with Crippen molar-refractivity contribution in [1.82, 2.24) is 4.31 Å². The zero-order valence-electron chi connectivity index (χ0n) is 14.3. The molecule has 2 aromatic rings. The lowest BCUT2D eigenvalue weighted by atomic mass is 10.1. The minimum atomic E-state index is -3.63. The maximum atomic E-state index is 12.9. The number of nitrogens with two attached hydrogens (primary N) is 1. The van der Waals surface area contributed by atoms with Crippen molar-refractivity contribution in [2.75, 3.05) is 19.7 Å². The minimum Gasteiger partial charge on any atom is -0.460 e. The van der Waals surface area contributed by atoms with E-state index in [9.17, 15) is 13.2 Å². The molecule has 0 saturated carbocycles. The second-order valence-corrected chi connectivity index (χ2v) is 8.14. The van der Waals surface area contributed by atoms with Crippen LogP contribution in [-0.2, 0) is 14.8 Å². The van der Waals surface area contributed by atoms with E-state index in [2.05, 4.69) is 0 Å². The smallest absolute Gasteiger partial charge is 0.374 e. The van der Waals surface area contributed by atoms with E-state index < -0.39 is 16.0 Å². The van der Waals surface area contributed by atoms with Gasteiger partial charge in [0.15, 0.2) is 0 Å². The highest BCUT2D eigenvalue weighted by molar-refractivity contribution is 7.89. The van der Waals surface area contributed by atoms with Crippen molar-refractivity contribution in [3.05, 3.63) is 29.5 Å². The lowest BCUT2D eigenvalue weighted by Gasteiger charge is -2.29. The fraction of sp³-hybridized carbons (Fsp3) is 0.471. The quantitative estimate of drug-likeness (QED) is 0.831. The molecular formula is C17H22N2O5S. The Kier molecular flexibility index (Phi) is 4.86. The number of nitrogens with zero attached hydrogens (tertiary/aromatic N) is 1. The summed E-state index contributed by atoms with van der Waals surface area (Å²) >= 11 is 0. The Balaban J connectivity index is 2.00. The molecular weight excluding hydrogens is 344 g/mol. The Hall–Kier alpha value is -1.90. The summed E-state index contributed by atoms with van der Waals surface area (Å²) in [5.41, 5.74) is 6.93. The topological polar surface area (TPSA) is 103 Å². The van der Waals surface area contributed by atoms with Gasteiger partial charge in [0.1, 0.15) is 5.58 Å². The summed E-state index contributed by atoms with van der Waals surface area (Å²) in [4.78, 5) is 12.1. The second kappa shape index (κ2) is 6.78. The van der Waals surface area contributed by atoms with Gasteiger partial charge < -0.3 is 14.9 Å². The molecule has 1 atom stereocenters. The van der Waals surface area contributed by atoms with Crippen molar-refractivity contribution in [3.63, 3.8) is 0 Å². The van der Waals surface area contributed by atoms with Gasteiger partial charge in [0.05, 0.1) is 11.5 Å². The fourth-order valence-corrected chi connectivity index (χ4v) is 4.66. The third kappa shape index (κ3) is 3.29. The van der Waals surface area contributed by atoms with Crippen LogP contribution in [-0.4, -0.2) is 44.4 Å². The monoisotopic (exact) mass is 366 g/mol. The number of piperidine rings is 1. The Morgan fingerprint density at radius 2 is 2.20 bits per heavy atom. The summed E-state index contributed by atoms with van der Waals surface area (Å²) in [6.07, 6.45) is 1.58. The van der Waals surface area contributed by atoms with Gasteiger partial charge in [-0.25, -0.2) is 13.2 Å². The molecule has 0 bridgehead atoms. The number of rotatable bonds is 4. The Morgan fingerprint density at radius 1 is 1.44 bits per heavy atom. The maximum absolute atomic E-state index is 12.9. The lowest BCUT2D eigenvalue weighted by Crippen LogP contribution is -2.45. The molecule has 1 aromatic heterocycles. The van der Waals surface area contributed by atoms with Crippen LogP contribution >= 0.6 is 0 Å². The number of hydrogen-bond donors (Lipinski definition) is 1. The molecule has 1 aromatic carbocycles. The third-order valence-electron chi connectivity index (χ3n) is 4.43. The van der Waals surface area contributed by atoms with Crippen LogP contribution in [0, 0.1) is 6.92 Å². The molecule has 1 aliphatic rings. The highest BCUT2D eigenvalue weighted by atomic mass is 32.2. The summed E-state index contributed by atoms with van der Waals surface area (Å²) in [6.45, 7) is 4.45. The number of carbonyl (C=O) groups is 1. The van der Waals surface area contributed by atoms with E-state index >= 15 is 0 Å². The van der Waals surface area contributed by atoms with Gasteiger partial charge in [0.25, 0.3) is 0 Å². The van der Waals surface area contributed by atoms with Gasteiger partial charge in [0, 0.05) is 30.1 Å². The lowest BCUT2D eigenvalue weighted by molar-refractivity contribution is 0.0491. The van der Waals surface area contributed by atoms with E-state index in [1.54, 1.807) is 26.0 Å². The summed E-state index contributed by atoms with van der Waals surface area (Å²) in [6, 6.07) is 4.47. The molecule has 2 heterocycles. The van der Waals surface area contributed by atoms with Gasteiger partial charge in [0.2, 0.25) is 15.8 Å². The zero-order chi connectivity index (χ0) is 18.2. The van der Waals surface area contributed by atoms with Crippen LogP contribution in [0.4, 0.5) is 0 Å². The predicted molar refractivity (Wildman–Crippen MR) is 92.9 cm³/mol.